The van der Waals surface area contributed by atoms with Crippen molar-refractivity contribution >= 4 is 43.5 Å². The van der Waals surface area contributed by atoms with E-state index in [4.69, 9.17) is 4.74 Å². The molecule has 1 aromatic heterocycles. The van der Waals surface area contributed by atoms with Crippen molar-refractivity contribution in [1.29, 1.82) is 0 Å². The Balaban J connectivity index is 2.24. The van der Waals surface area contributed by atoms with Gasteiger partial charge in [-0.3, -0.25) is 0 Å². The second-order valence-corrected chi connectivity index (χ2v) is 5.98. The topological polar surface area (TPSA) is 39.1 Å². The van der Waals surface area contributed by atoms with E-state index in [1.807, 2.05) is 24.4 Å². The molecule has 1 heterocycles. The fourth-order valence-corrected chi connectivity index (χ4v) is 2.51. The summed E-state index contributed by atoms with van der Waals surface area (Å²) < 4.78 is 9.24. The molecule has 1 atom stereocenters. The lowest BCUT2D eigenvalue weighted by Gasteiger charge is -2.16. The summed E-state index contributed by atoms with van der Waals surface area (Å²) in [6.07, 6.45) is 3.72. The van der Waals surface area contributed by atoms with Crippen LogP contribution < -0.4 is 5.32 Å². The number of methoxy groups -OCH3 is 1. The van der Waals surface area contributed by atoms with Crippen LogP contribution in [-0.4, -0.2) is 23.3 Å². The van der Waals surface area contributed by atoms with E-state index in [0.29, 0.717) is 6.61 Å². The van der Waals surface area contributed by atoms with Crippen LogP contribution in [0.1, 0.15) is 13.0 Å². The van der Waals surface area contributed by atoms with Gasteiger partial charge in [-0.1, -0.05) is 15.9 Å². The zero-order valence-corrected chi connectivity index (χ0v) is 13.9. The van der Waals surface area contributed by atoms with Crippen molar-refractivity contribution < 1.29 is 4.74 Å². The Kier molecular flexibility index (Phi) is 5.01. The Hall–Kier alpha value is -0.850. The Morgan fingerprint density at radius 3 is 2.95 bits per heavy atom. The maximum atomic E-state index is 5.18. The summed E-state index contributed by atoms with van der Waals surface area (Å²) in [5.41, 5.74) is 0.964. The second kappa shape index (κ2) is 6.54. The van der Waals surface area contributed by atoms with Crippen molar-refractivity contribution in [3.05, 3.63) is 39.5 Å². The number of halogens is 2. The minimum Gasteiger partial charge on any atom is -0.383 e. The Labute approximate surface area is 129 Å². The maximum absolute atomic E-state index is 5.18. The molecule has 0 radical (unpaired) electrons. The number of rotatable bonds is 5. The van der Waals surface area contributed by atoms with Gasteiger partial charge < -0.3 is 14.6 Å². The van der Waals surface area contributed by atoms with Crippen molar-refractivity contribution in [1.82, 2.24) is 9.55 Å². The van der Waals surface area contributed by atoms with Crippen LogP contribution in [0, 0.1) is 0 Å². The fraction of sp³-hybridized carbons (Fsp3) is 0.308. The molecule has 6 heteroatoms. The first-order valence-electron chi connectivity index (χ1n) is 5.85. The summed E-state index contributed by atoms with van der Waals surface area (Å²) in [5.74, 6) is 0.795. The van der Waals surface area contributed by atoms with E-state index in [9.17, 15) is 0 Å². The Bertz CT molecular complexity index is 557. The normalized spacial score (nSPS) is 12.4. The van der Waals surface area contributed by atoms with Crippen LogP contribution in [-0.2, 0) is 4.74 Å². The van der Waals surface area contributed by atoms with Crippen LogP contribution in [0.15, 0.2) is 39.5 Å². The van der Waals surface area contributed by atoms with Gasteiger partial charge in [0.1, 0.15) is 0 Å². The molecule has 1 unspecified atom stereocenters. The summed E-state index contributed by atoms with van der Waals surface area (Å²) in [6, 6.07) is 6.19. The van der Waals surface area contributed by atoms with E-state index < -0.39 is 0 Å². The van der Waals surface area contributed by atoms with Gasteiger partial charge in [0.15, 0.2) is 0 Å². The lowest BCUT2D eigenvalue weighted by molar-refractivity contribution is 0.163. The molecule has 1 aromatic carbocycles. The monoisotopic (exact) mass is 387 g/mol. The van der Waals surface area contributed by atoms with E-state index in [1.165, 1.54) is 0 Å². The van der Waals surface area contributed by atoms with E-state index in [2.05, 4.69) is 53.7 Å². The fourth-order valence-electron chi connectivity index (χ4n) is 1.80. The molecule has 0 spiro atoms. The molecule has 102 valence electrons. The molecule has 19 heavy (non-hydrogen) atoms. The molecule has 2 rings (SSSR count). The van der Waals surface area contributed by atoms with E-state index >= 15 is 0 Å². The van der Waals surface area contributed by atoms with Crippen molar-refractivity contribution in [2.75, 3.05) is 19.0 Å². The molecule has 1 N–H and O–H groups in total. The van der Waals surface area contributed by atoms with Gasteiger partial charge in [-0.05, 0) is 41.1 Å². The van der Waals surface area contributed by atoms with Crippen molar-refractivity contribution in [2.24, 2.45) is 0 Å². The quantitative estimate of drug-likeness (QED) is 0.826. The van der Waals surface area contributed by atoms with Crippen LogP contribution >= 0.6 is 31.9 Å². The minimum absolute atomic E-state index is 0.223. The zero-order valence-electron chi connectivity index (χ0n) is 10.7. The molecule has 0 aliphatic carbocycles. The highest BCUT2D eigenvalue weighted by Gasteiger charge is 2.11. The number of benzene rings is 1. The molecule has 0 bridgehead atoms. The second-order valence-electron chi connectivity index (χ2n) is 4.21. The van der Waals surface area contributed by atoms with Gasteiger partial charge in [0, 0.05) is 28.4 Å². The first kappa shape index (κ1) is 14.6. The molecule has 0 saturated heterocycles. The van der Waals surface area contributed by atoms with E-state index in [1.54, 1.807) is 13.3 Å². The lowest BCUT2D eigenvalue weighted by Crippen LogP contribution is -2.12. The number of anilines is 2. The lowest BCUT2D eigenvalue weighted by atomic mass is 10.3. The summed E-state index contributed by atoms with van der Waals surface area (Å²) >= 11 is 6.99. The highest BCUT2D eigenvalue weighted by atomic mass is 79.9. The largest absolute Gasteiger partial charge is 0.383 e. The first-order valence-corrected chi connectivity index (χ1v) is 7.44. The number of imidazole rings is 1. The molecule has 0 amide bonds. The first-order chi connectivity index (χ1) is 9.11. The minimum atomic E-state index is 0.223. The van der Waals surface area contributed by atoms with Gasteiger partial charge in [-0.25, -0.2) is 4.98 Å². The highest BCUT2D eigenvalue weighted by Crippen LogP contribution is 2.29. The molecule has 0 aliphatic heterocycles. The predicted molar refractivity (Wildman–Crippen MR) is 83.9 cm³/mol. The SMILES string of the molecule is COCC(C)n1ccnc1Nc1cc(Br)ccc1Br. The van der Waals surface area contributed by atoms with Gasteiger partial charge in [-0.2, -0.15) is 0 Å². The van der Waals surface area contributed by atoms with Gasteiger partial charge >= 0.3 is 0 Å². The third-order valence-electron chi connectivity index (χ3n) is 2.73. The summed E-state index contributed by atoms with van der Waals surface area (Å²) in [4.78, 5) is 4.35. The van der Waals surface area contributed by atoms with Gasteiger partial charge in [0.2, 0.25) is 5.95 Å². The van der Waals surface area contributed by atoms with Crippen LogP contribution in [0.2, 0.25) is 0 Å². The third-order valence-corrected chi connectivity index (χ3v) is 3.91. The number of nitrogens with one attached hydrogen (secondary N) is 1. The molecular formula is C13H15Br2N3O. The average Bonchev–Trinajstić information content (AvgIpc) is 2.82. The molecule has 4 nitrogen and oxygen atoms in total. The number of ether oxygens (including phenoxy) is 1. The van der Waals surface area contributed by atoms with Crippen molar-refractivity contribution in [2.45, 2.75) is 13.0 Å². The number of hydrogen-bond donors (Lipinski definition) is 1. The molecule has 0 saturated carbocycles. The van der Waals surface area contributed by atoms with Crippen LogP contribution in [0.25, 0.3) is 0 Å². The van der Waals surface area contributed by atoms with Crippen molar-refractivity contribution in [3.63, 3.8) is 0 Å². The number of nitrogens with zero attached hydrogens (tertiary/aromatic N) is 2. The van der Waals surface area contributed by atoms with Gasteiger partial charge in [0.25, 0.3) is 0 Å². The Morgan fingerprint density at radius 1 is 1.42 bits per heavy atom. The number of hydrogen-bond acceptors (Lipinski definition) is 3. The van der Waals surface area contributed by atoms with Gasteiger partial charge in [0.05, 0.1) is 18.3 Å². The molecule has 0 fully saturated rings. The van der Waals surface area contributed by atoms with E-state index in [0.717, 1.165) is 20.6 Å². The number of aromatic nitrogens is 2. The van der Waals surface area contributed by atoms with E-state index in [-0.39, 0.29) is 6.04 Å². The smallest absolute Gasteiger partial charge is 0.207 e. The Morgan fingerprint density at radius 2 is 2.21 bits per heavy atom. The summed E-state index contributed by atoms with van der Waals surface area (Å²) in [5, 5.41) is 3.32. The van der Waals surface area contributed by atoms with Gasteiger partial charge in [-0.15, -0.1) is 0 Å². The standard InChI is InChI=1S/C13H15Br2N3O/c1-9(8-19-2)18-6-5-16-13(18)17-12-7-10(14)3-4-11(12)15/h3-7,9H,8H2,1-2H3,(H,16,17). The van der Waals surface area contributed by atoms with Crippen LogP contribution in [0.5, 0.6) is 0 Å². The average molecular weight is 389 g/mol. The molecule has 2 aromatic rings. The molecular weight excluding hydrogens is 374 g/mol. The maximum Gasteiger partial charge on any atom is 0.207 e. The van der Waals surface area contributed by atoms with Crippen molar-refractivity contribution in [3.8, 4) is 0 Å². The summed E-state index contributed by atoms with van der Waals surface area (Å²) in [6.45, 7) is 2.73. The summed E-state index contributed by atoms with van der Waals surface area (Å²) in [7, 11) is 1.70. The third kappa shape index (κ3) is 3.58. The highest BCUT2D eigenvalue weighted by molar-refractivity contribution is 9.11. The molecule has 0 aliphatic rings. The van der Waals surface area contributed by atoms with Crippen LogP contribution in [0.3, 0.4) is 0 Å². The predicted octanol–water partition coefficient (Wildman–Crippen LogP) is 4.36. The van der Waals surface area contributed by atoms with Crippen LogP contribution in [0.4, 0.5) is 11.6 Å². The zero-order chi connectivity index (χ0) is 13.8.